The Hall–Kier alpha value is -0.340. The van der Waals surface area contributed by atoms with Gasteiger partial charge in [-0.1, -0.05) is 12.2 Å². The van der Waals surface area contributed by atoms with Gasteiger partial charge in [-0.15, -0.1) is 0 Å². The number of ether oxygens (including phenoxy) is 1. The Labute approximate surface area is 106 Å². The SMILES string of the molecule is COC1CCC(/C=C/C2CCC(N)CC2)CC1. The van der Waals surface area contributed by atoms with E-state index in [0.29, 0.717) is 12.1 Å². The van der Waals surface area contributed by atoms with Gasteiger partial charge in [0.05, 0.1) is 6.10 Å². The van der Waals surface area contributed by atoms with E-state index in [9.17, 15) is 0 Å². The lowest BCUT2D eigenvalue weighted by Gasteiger charge is -2.27. The fourth-order valence-corrected chi connectivity index (χ4v) is 3.17. The Morgan fingerprint density at radius 1 is 0.824 bits per heavy atom. The van der Waals surface area contributed by atoms with Crippen LogP contribution in [0.2, 0.25) is 0 Å². The third-order valence-corrected chi connectivity index (χ3v) is 4.52. The van der Waals surface area contributed by atoms with Gasteiger partial charge in [0, 0.05) is 13.2 Å². The average Bonchev–Trinajstić information content (AvgIpc) is 2.39. The number of hydrogen-bond donors (Lipinski definition) is 1. The highest BCUT2D eigenvalue weighted by Gasteiger charge is 2.20. The molecule has 0 aliphatic heterocycles. The molecule has 0 heterocycles. The summed E-state index contributed by atoms with van der Waals surface area (Å²) in [5.41, 5.74) is 5.93. The highest BCUT2D eigenvalue weighted by molar-refractivity contribution is 4.96. The standard InChI is InChI=1S/C15H27NO/c1-17-15-10-6-13(7-11-15)3-2-12-4-8-14(16)9-5-12/h2-3,12-15H,4-11,16H2,1H3/b3-2+. The molecule has 2 aliphatic rings. The van der Waals surface area contributed by atoms with Crippen LogP contribution >= 0.6 is 0 Å². The maximum atomic E-state index is 5.93. The maximum absolute atomic E-state index is 5.93. The minimum atomic E-state index is 0.469. The summed E-state index contributed by atoms with van der Waals surface area (Å²) >= 11 is 0. The van der Waals surface area contributed by atoms with Crippen LogP contribution in [0.15, 0.2) is 12.2 Å². The van der Waals surface area contributed by atoms with Crippen molar-refractivity contribution in [1.29, 1.82) is 0 Å². The van der Waals surface area contributed by atoms with Gasteiger partial charge in [0.1, 0.15) is 0 Å². The summed E-state index contributed by atoms with van der Waals surface area (Å²) in [5.74, 6) is 1.60. The Balaban J connectivity index is 1.70. The van der Waals surface area contributed by atoms with E-state index >= 15 is 0 Å². The Kier molecular flexibility index (Phi) is 5.05. The van der Waals surface area contributed by atoms with Crippen LogP contribution in [-0.2, 0) is 4.74 Å². The van der Waals surface area contributed by atoms with Gasteiger partial charge in [-0.05, 0) is 63.2 Å². The number of rotatable bonds is 3. The second-order valence-electron chi connectivity index (χ2n) is 5.83. The summed E-state index contributed by atoms with van der Waals surface area (Å²) in [6.45, 7) is 0. The quantitative estimate of drug-likeness (QED) is 0.765. The summed E-state index contributed by atoms with van der Waals surface area (Å²) in [6, 6.07) is 0.469. The molecule has 0 atom stereocenters. The molecule has 2 saturated carbocycles. The van der Waals surface area contributed by atoms with E-state index in [1.54, 1.807) is 0 Å². The molecule has 0 aromatic rings. The first-order valence-corrected chi connectivity index (χ1v) is 7.24. The zero-order valence-electron chi connectivity index (χ0n) is 11.1. The predicted octanol–water partition coefficient (Wildman–Crippen LogP) is 3.27. The molecular weight excluding hydrogens is 210 g/mol. The fourth-order valence-electron chi connectivity index (χ4n) is 3.17. The van der Waals surface area contributed by atoms with Gasteiger partial charge in [0.2, 0.25) is 0 Å². The average molecular weight is 237 g/mol. The summed E-state index contributed by atoms with van der Waals surface area (Å²) < 4.78 is 5.41. The summed E-state index contributed by atoms with van der Waals surface area (Å²) in [4.78, 5) is 0. The van der Waals surface area contributed by atoms with E-state index in [1.807, 2.05) is 7.11 Å². The molecule has 2 aliphatic carbocycles. The molecule has 2 heteroatoms. The van der Waals surface area contributed by atoms with Crippen molar-refractivity contribution in [1.82, 2.24) is 0 Å². The molecule has 2 fully saturated rings. The van der Waals surface area contributed by atoms with Crippen molar-refractivity contribution in [2.75, 3.05) is 7.11 Å². The van der Waals surface area contributed by atoms with Gasteiger partial charge in [0.15, 0.2) is 0 Å². The zero-order valence-corrected chi connectivity index (χ0v) is 11.1. The third kappa shape index (κ3) is 4.11. The minimum Gasteiger partial charge on any atom is -0.381 e. The molecule has 0 saturated heterocycles. The molecular formula is C15H27NO. The normalized spacial score (nSPS) is 39.6. The van der Waals surface area contributed by atoms with Crippen LogP contribution in [0.5, 0.6) is 0 Å². The highest BCUT2D eigenvalue weighted by atomic mass is 16.5. The summed E-state index contributed by atoms with van der Waals surface area (Å²) in [7, 11) is 1.84. The molecule has 0 aromatic carbocycles. The molecule has 17 heavy (non-hydrogen) atoms. The zero-order chi connectivity index (χ0) is 12.1. The van der Waals surface area contributed by atoms with E-state index in [-0.39, 0.29) is 0 Å². The van der Waals surface area contributed by atoms with Gasteiger partial charge in [-0.25, -0.2) is 0 Å². The monoisotopic (exact) mass is 237 g/mol. The lowest BCUT2D eigenvalue weighted by molar-refractivity contribution is 0.0626. The van der Waals surface area contributed by atoms with Crippen molar-refractivity contribution >= 4 is 0 Å². The van der Waals surface area contributed by atoms with Crippen molar-refractivity contribution in [2.24, 2.45) is 17.6 Å². The largest absolute Gasteiger partial charge is 0.381 e. The first kappa shape index (κ1) is 13.1. The van der Waals surface area contributed by atoms with Gasteiger partial charge >= 0.3 is 0 Å². The van der Waals surface area contributed by atoms with Crippen LogP contribution in [0.1, 0.15) is 51.4 Å². The van der Waals surface area contributed by atoms with E-state index in [1.165, 1.54) is 51.4 Å². The van der Waals surface area contributed by atoms with Gasteiger partial charge in [0.25, 0.3) is 0 Å². The molecule has 2 nitrogen and oxygen atoms in total. The van der Waals surface area contributed by atoms with Crippen LogP contribution < -0.4 is 5.73 Å². The van der Waals surface area contributed by atoms with Gasteiger partial charge in [-0.2, -0.15) is 0 Å². The minimum absolute atomic E-state index is 0.469. The first-order chi connectivity index (χ1) is 8.28. The number of allylic oxidation sites excluding steroid dienone is 2. The number of nitrogens with two attached hydrogens (primary N) is 1. The molecule has 0 amide bonds. The van der Waals surface area contributed by atoms with Crippen molar-refractivity contribution in [3.05, 3.63) is 12.2 Å². The van der Waals surface area contributed by atoms with E-state index in [2.05, 4.69) is 12.2 Å². The van der Waals surface area contributed by atoms with Crippen LogP contribution in [-0.4, -0.2) is 19.3 Å². The molecule has 0 aromatic heterocycles. The lowest BCUT2D eigenvalue weighted by atomic mass is 9.83. The van der Waals surface area contributed by atoms with Crippen LogP contribution in [0.25, 0.3) is 0 Å². The molecule has 2 rings (SSSR count). The Bertz CT molecular complexity index is 235. The summed E-state index contributed by atoms with van der Waals surface area (Å²) in [6.07, 6.45) is 15.6. The molecule has 0 bridgehead atoms. The molecule has 0 spiro atoms. The van der Waals surface area contributed by atoms with Crippen molar-refractivity contribution in [3.8, 4) is 0 Å². The van der Waals surface area contributed by atoms with Crippen LogP contribution in [0.3, 0.4) is 0 Å². The lowest BCUT2D eigenvalue weighted by Crippen LogP contribution is -2.26. The summed E-state index contributed by atoms with van der Waals surface area (Å²) in [5, 5.41) is 0. The van der Waals surface area contributed by atoms with E-state index in [4.69, 9.17) is 10.5 Å². The maximum Gasteiger partial charge on any atom is 0.0571 e. The second-order valence-corrected chi connectivity index (χ2v) is 5.83. The van der Waals surface area contributed by atoms with Crippen LogP contribution in [0, 0.1) is 11.8 Å². The van der Waals surface area contributed by atoms with Crippen LogP contribution in [0.4, 0.5) is 0 Å². The molecule has 0 unspecified atom stereocenters. The Morgan fingerprint density at radius 3 is 1.76 bits per heavy atom. The molecule has 98 valence electrons. The molecule has 0 radical (unpaired) electrons. The first-order valence-electron chi connectivity index (χ1n) is 7.24. The smallest absolute Gasteiger partial charge is 0.0571 e. The van der Waals surface area contributed by atoms with E-state index in [0.717, 1.165) is 11.8 Å². The number of methoxy groups -OCH3 is 1. The van der Waals surface area contributed by atoms with Crippen molar-refractivity contribution in [3.63, 3.8) is 0 Å². The van der Waals surface area contributed by atoms with Crippen molar-refractivity contribution < 1.29 is 4.74 Å². The predicted molar refractivity (Wildman–Crippen MR) is 71.8 cm³/mol. The Morgan fingerprint density at radius 2 is 1.29 bits per heavy atom. The van der Waals surface area contributed by atoms with Gasteiger partial charge in [-0.3, -0.25) is 0 Å². The van der Waals surface area contributed by atoms with Gasteiger partial charge < -0.3 is 10.5 Å². The molecule has 2 N–H and O–H groups in total. The topological polar surface area (TPSA) is 35.2 Å². The van der Waals surface area contributed by atoms with Crippen molar-refractivity contribution in [2.45, 2.75) is 63.5 Å². The third-order valence-electron chi connectivity index (χ3n) is 4.52. The number of hydrogen-bond acceptors (Lipinski definition) is 2. The second kappa shape index (κ2) is 6.55. The fraction of sp³-hybridized carbons (Fsp3) is 0.867. The van der Waals surface area contributed by atoms with E-state index < -0.39 is 0 Å². The highest BCUT2D eigenvalue weighted by Crippen LogP contribution is 2.29.